The van der Waals surface area contributed by atoms with Gasteiger partial charge in [0.05, 0.1) is 13.0 Å². The van der Waals surface area contributed by atoms with E-state index in [1.54, 1.807) is 0 Å². The molecular weight excluding hydrogens is 270 g/mol. The summed E-state index contributed by atoms with van der Waals surface area (Å²) in [6.07, 6.45) is 1.48. The van der Waals surface area contributed by atoms with Gasteiger partial charge in [-0.2, -0.15) is 0 Å². The Hall–Kier alpha value is -2.04. The predicted molar refractivity (Wildman–Crippen MR) is 78.4 cm³/mol. The SMILES string of the molecule is CC(C)C[C@H](NC(=O)Cc1ccc2c(c1)CCO2)C(=O)O. The minimum atomic E-state index is -0.987. The Morgan fingerprint density at radius 1 is 1.38 bits per heavy atom. The molecule has 5 nitrogen and oxygen atoms in total. The van der Waals surface area contributed by atoms with Crippen LogP contribution in [-0.2, 0) is 22.4 Å². The van der Waals surface area contributed by atoms with Crippen molar-refractivity contribution in [2.24, 2.45) is 5.92 Å². The third-order valence-electron chi connectivity index (χ3n) is 3.46. The number of benzene rings is 1. The average Bonchev–Trinajstić information content (AvgIpc) is 2.84. The quantitative estimate of drug-likeness (QED) is 0.837. The minimum Gasteiger partial charge on any atom is -0.493 e. The molecule has 1 aromatic rings. The topological polar surface area (TPSA) is 75.6 Å². The van der Waals surface area contributed by atoms with Gasteiger partial charge < -0.3 is 15.2 Å². The van der Waals surface area contributed by atoms with Gasteiger partial charge >= 0.3 is 5.97 Å². The number of amides is 1. The van der Waals surface area contributed by atoms with Crippen LogP contribution in [0.25, 0.3) is 0 Å². The number of carbonyl (C=O) groups excluding carboxylic acids is 1. The largest absolute Gasteiger partial charge is 0.493 e. The molecule has 0 saturated carbocycles. The van der Waals surface area contributed by atoms with Crippen molar-refractivity contribution in [3.8, 4) is 5.75 Å². The summed E-state index contributed by atoms with van der Waals surface area (Å²) in [7, 11) is 0. The zero-order valence-electron chi connectivity index (χ0n) is 12.4. The maximum Gasteiger partial charge on any atom is 0.326 e. The molecular formula is C16H21NO4. The molecule has 1 aliphatic rings. The molecule has 0 unspecified atom stereocenters. The standard InChI is InChI=1S/C16H21NO4/c1-10(2)7-13(16(19)20)17-15(18)9-11-3-4-14-12(8-11)5-6-21-14/h3-4,8,10,13H,5-7,9H2,1-2H3,(H,17,18)(H,19,20)/t13-/m0/s1. The van der Waals surface area contributed by atoms with Gasteiger partial charge in [0.1, 0.15) is 11.8 Å². The lowest BCUT2D eigenvalue weighted by Gasteiger charge is -2.16. The van der Waals surface area contributed by atoms with E-state index >= 15 is 0 Å². The third-order valence-corrected chi connectivity index (χ3v) is 3.46. The van der Waals surface area contributed by atoms with Crippen LogP contribution in [0, 0.1) is 5.92 Å². The molecule has 1 aromatic carbocycles. The van der Waals surface area contributed by atoms with E-state index in [1.807, 2.05) is 32.0 Å². The highest BCUT2D eigenvalue weighted by molar-refractivity contribution is 5.84. The summed E-state index contributed by atoms with van der Waals surface area (Å²) in [6, 6.07) is 4.85. The number of fused-ring (bicyclic) bond motifs is 1. The van der Waals surface area contributed by atoms with Crippen molar-refractivity contribution in [3.05, 3.63) is 29.3 Å². The fourth-order valence-corrected chi connectivity index (χ4v) is 2.47. The number of aliphatic carboxylic acids is 1. The van der Waals surface area contributed by atoms with Gasteiger partial charge in [-0.3, -0.25) is 4.79 Å². The van der Waals surface area contributed by atoms with Crippen molar-refractivity contribution in [1.29, 1.82) is 0 Å². The van der Waals surface area contributed by atoms with E-state index in [4.69, 9.17) is 9.84 Å². The number of nitrogens with one attached hydrogen (secondary N) is 1. The van der Waals surface area contributed by atoms with E-state index in [1.165, 1.54) is 0 Å². The Kier molecular flexibility index (Phi) is 4.83. The predicted octanol–water partition coefficient (Wildman–Crippen LogP) is 1.78. The van der Waals surface area contributed by atoms with Crippen molar-refractivity contribution in [3.63, 3.8) is 0 Å². The number of carbonyl (C=O) groups is 2. The lowest BCUT2D eigenvalue weighted by Crippen LogP contribution is -2.42. The summed E-state index contributed by atoms with van der Waals surface area (Å²) in [5.41, 5.74) is 1.99. The van der Waals surface area contributed by atoms with Crippen LogP contribution in [0.2, 0.25) is 0 Å². The fourth-order valence-electron chi connectivity index (χ4n) is 2.47. The van der Waals surface area contributed by atoms with Crippen LogP contribution in [0.5, 0.6) is 5.75 Å². The molecule has 0 saturated heterocycles. The molecule has 0 fully saturated rings. The van der Waals surface area contributed by atoms with Crippen LogP contribution in [0.4, 0.5) is 0 Å². The maximum atomic E-state index is 12.0. The van der Waals surface area contributed by atoms with E-state index in [0.29, 0.717) is 13.0 Å². The van der Waals surface area contributed by atoms with Crippen molar-refractivity contribution in [1.82, 2.24) is 5.32 Å². The van der Waals surface area contributed by atoms with Gasteiger partial charge in [0, 0.05) is 6.42 Å². The summed E-state index contributed by atoms with van der Waals surface area (Å²) in [5.74, 6) is -0.160. The highest BCUT2D eigenvalue weighted by atomic mass is 16.5. The molecule has 2 rings (SSSR count). The van der Waals surface area contributed by atoms with Crippen molar-refractivity contribution in [2.75, 3.05) is 6.61 Å². The lowest BCUT2D eigenvalue weighted by molar-refractivity contribution is -0.142. The molecule has 0 aliphatic carbocycles. The fraction of sp³-hybridized carbons (Fsp3) is 0.500. The van der Waals surface area contributed by atoms with Crippen molar-refractivity contribution in [2.45, 2.75) is 39.2 Å². The third kappa shape index (κ3) is 4.21. The summed E-state index contributed by atoms with van der Waals surface area (Å²) in [5, 5.41) is 11.7. The second kappa shape index (κ2) is 6.61. The van der Waals surface area contributed by atoms with Gasteiger partial charge in [0.25, 0.3) is 0 Å². The molecule has 21 heavy (non-hydrogen) atoms. The monoisotopic (exact) mass is 291 g/mol. The zero-order valence-corrected chi connectivity index (χ0v) is 12.4. The van der Waals surface area contributed by atoms with Crippen molar-refractivity contribution >= 4 is 11.9 Å². The molecule has 1 aliphatic heterocycles. The van der Waals surface area contributed by atoms with E-state index in [0.717, 1.165) is 23.3 Å². The number of carboxylic acids is 1. The van der Waals surface area contributed by atoms with Crippen molar-refractivity contribution < 1.29 is 19.4 Å². The molecule has 0 bridgehead atoms. The summed E-state index contributed by atoms with van der Waals surface area (Å²) in [6.45, 7) is 4.55. The Balaban J connectivity index is 1.96. The zero-order chi connectivity index (χ0) is 15.4. The highest BCUT2D eigenvalue weighted by Crippen LogP contribution is 2.25. The smallest absolute Gasteiger partial charge is 0.326 e. The van der Waals surface area contributed by atoms with Gasteiger partial charge in [-0.05, 0) is 29.5 Å². The first-order valence-electron chi connectivity index (χ1n) is 7.22. The second-order valence-electron chi connectivity index (χ2n) is 5.81. The number of hydrogen-bond donors (Lipinski definition) is 2. The average molecular weight is 291 g/mol. The Labute approximate surface area is 124 Å². The van der Waals surface area contributed by atoms with E-state index in [2.05, 4.69) is 5.32 Å². The Bertz CT molecular complexity index is 539. The van der Waals surface area contributed by atoms with Crippen LogP contribution in [0.1, 0.15) is 31.4 Å². The number of carboxylic acid groups (broad SMARTS) is 1. The molecule has 114 valence electrons. The molecule has 2 N–H and O–H groups in total. The molecule has 1 amide bonds. The van der Waals surface area contributed by atoms with Gasteiger partial charge in [-0.25, -0.2) is 4.79 Å². The second-order valence-corrected chi connectivity index (χ2v) is 5.81. The molecule has 0 radical (unpaired) electrons. The Morgan fingerprint density at radius 3 is 2.81 bits per heavy atom. The number of ether oxygens (including phenoxy) is 1. The first-order chi connectivity index (χ1) is 9.95. The van der Waals surface area contributed by atoms with Crippen LogP contribution < -0.4 is 10.1 Å². The first-order valence-corrected chi connectivity index (χ1v) is 7.22. The van der Waals surface area contributed by atoms with Gasteiger partial charge in [-0.15, -0.1) is 0 Å². The normalized spacial score (nSPS) is 14.4. The molecule has 0 spiro atoms. The first kappa shape index (κ1) is 15.4. The lowest BCUT2D eigenvalue weighted by atomic mass is 10.0. The minimum absolute atomic E-state index is 0.190. The summed E-state index contributed by atoms with van der Waals surface area (Å²) < 4.78 is 5.42. The summed E-state index contributed by atoms with van der Waals surface area (Å²) >= 11 is 0. The van der Waals surface area contributed by atoms with Gasteiger partial charge in [0.2, 0.25) is 5.91 Å². The molecule has 0 aromatic heterocycles. The highest BCUT2D eigenvalue weighted by Gasteiger charge is 2.21. The Morgan fingerprint density at radius 2 is 2.14 bits per heavy atom. The van der Waals surface area contributed by atoms with Crippen LogP contribution >= 0.6 is 0 Å². The molecule has 5 heteroatoms. The molecule has 1 heterocycles. The van der Waals surface area contributed by atoms with E-state index in [-0.39, 0.29) is 18.2 Å². The molecule has 1 atom stereocenters. The number of rotatable bonds is 6. The van der Waals surface area contributed by atoms with Crippen LogP contribution in [-0.4, -0.2) is 29.6 Å². The maximum absolute atomic E-state index is 12.0. The van der Waals surface area contributed by atoms with E-state index < -0.39 is 12.0 Å². The van der Waals surface area contributed by atoms with E-state index in [9.17, 15) is 9.59 Å². The van der Waals surface area contributed by atoms with Gasteiger partial charge in [0.15, 0.2) is 0 Å². The van der Waals surface area contributed by atoms with Gasteiger partial charge in [-0.1, -0.05) is 26.0 Å². The summed E-state index contributed by atoms with van der Waals surface area (Å²) in [4.78, 5) is 23.1. The van der Waals surface area contributed by atoms with Crippen LogP contribution in [0.3, 0.4) is 0 Å². The number of hydrogen-bond acceptors (Lipinski definition) is 3. The van der Waals surface area contributed by atoms with Crippen LogP contribution in [0.15, 0.2) is 18.2 Å².